The molecular formula is C25H29N3O6S. The second-order valence-electron chi connectivity index (χ2n) is 9.33. The number of amides is 2. The minimum atomic E-state index is -3.54. The molecule has 0 saturated carbocycles. The van der Waals surface area contributed by atoms with Crippen molar-refractivity contribution in [3.63, 3.8) is 0 Å². The summed E-state index contributed by atoms with van der Waals surface area (Å²) in [5, 5.41) is 5.80. The first kappa shape index (κ1) is 23.8. The Labute approximate surface area is 204 Å². The summed E-state index contributed by atoms with van der Waals surface area (Å²) < 4.78 is 37.1. The lowest BCUT2D eigenvalue weighted by molar-refractivity contribution is -0.181. The van der Waals surface area contributed by atoms with E-state index >= 15 is 0 Å². The van der Waals surface area contributed by atoms with Gasteiger partial charge in [0.05, 0.1) is 36.1 Å². The van der Waals surface area contributed by atoms with Gasteiger partial charge in [0.2, 0.25) is 5.91 Å². The van der Waals surface area contributed by atoms with E-state index in [1.807, 2.05) is 19.1 Å². The maximum absolute atomic E-state index is 13.1. The third kappa shape index (κ3) is 5.05. The Bertz CT molecular complexity index is 1250. The van der Waals surface area contributed by atoms with Crippen LogP contribution in [0.3, 0.4) is 0 Å². The molecule has 5 rings (SSSR count). The Hall–Kier alpha value is -2.95. The van der Waals surface area contributed by atoms with Crippen molar-refractivity contribution in [3.05, 3.63) is 59.2 Å². The van der Waals surface area contributed by atoms with E-state index in [2.05, 4.69) is 10.6 Å². The van der Waals surface area contributed by atoms with Gasteiger partial charge in [-0.05, 0) is 36.2 Å². The zero-order chi connectivity index (χ0) is 24.6. The number of carbonyl (C=O) groups is 2. The largest absolute Gasteiger partial charge is 0.371 e. The highest BCUT2D eigenvalue weighted by atomic mass is 32.2. The minimum Gasteiger partial charge on any atom is -0.371 e. The number of ether oxygens (including phenoxy) is 2. The molecule has 9 nitrogen and oxygen atoms in total. The van der Waals surface area contributed by atoms with Crippen LogP contribution in [-0.2, 0) is 29.9 Å². The normalized spacial score (nSPS) is 21.3. The number of hydrogen-bond acceptors (Lipinski definition) is 7. The fourth-order valence-electron chi connectivity index (χ4n) is 4.84. The molecule has 2 amide bonds. The van der Waals surface area contributed by atoms with E-state index in [4.69, 9.17) is 9.47 Å². The first-order chi connectivity index (χ1) is 16.7. The van der Waals surface area contributed by atoms with E-state index in [0.29, 0.717) is 56.1 Å². The molecule has 35 heavy (non-hydrogen) atoms. The smallest absolute Gasteiger partial charge is 0.253 e. The van der Waals surface area contributed by atoms with Crippen molar-refractivity contribution in [1.82, 2.24) is 4.90 Å². The van der Waals surface area contributed by atoms with Gasteiger partial charge in [-0.25, -0.2) is 8.42 Å². The molecule has 2 saturated heterocycles. The number of aryl methyl sites for hydroxylation is 1. The number of piperidine rings is 1. The van der Waals surface area contributed by atoms with E-state index in [9.17, 15) is 18.0 Å². The number of carbonyl (C=O) groups excluding carboxylic acids is 2. The number of nitrogens with one attached hydrogen (secondary N) is 2. The van der Waals surface area contributed by atoms with Gasteiger partial charge in [-0.15, -0.1) is 0 Å². The van der Waals surface area contributed by atoms with Crippen LogP contribution in [-0.4, -0.2) is 69.0 Å². The lowest BCUT2D eigenvalue weighted by atomic mass is 10.0. The van der Waals surface area contributed by atoms with Crippen LogP contribution in [0, 0.1) is 6.92 Å². The maximum Gasteiger partial charge on any atom is 0.253 e. The van der Waals surface area contributed by atoms with Gasteiger partial charge < -0.3 is 25.0 Å². The highest BCUT2D eigenvalue weighted by Crippen LogP contribution is 2.33. The van der Waals surface area contributed by atoms with Crippen molar-refractivity contribution in [1.29, 1.82) is 0 Å². The van der Waals surface area contributed by atoms with Crippen LogP contribution in [0.2, 0.25) is 0 Å². The van der Waals surface area contributed by atoms with Crippen LogP contribution in [0.25, 0.3) is 0 Å². The second kappa shape index (κ2) is 9.25. The molecule has 2 fully saturated rings. The molecule has 1 atom stereocenters. The lowest BCUT2D eigenvalue weighted by Crippen LogP contribution is -2.47. The summed E-state index contributed by atoms with van der Waals surface area (Å²) in [5.41, 5.74) is 3.13. The highest BCUT2D eigenvalue weighted by Gasteiger charge is 2.41. The van der Waals surface area contributed by atoms with Gasteiger partial charge in [0.15, 0.2) is 15.6 Å². The molecule has 3 aliphatic heterocycles. The first-order valence-electron chi connectivity index (χ1n) is 11.8. The molecule has 1 unspecified atom stereocenters. The second-order valence-corrected chi connectivity index (χ2v) is 11.4. The van der Waals surface area contributed by atoms with Gasteiger partial charge >= 0.3 is 0 Å². The molecule has 2 N–H and O–H groups in total. The molecule has 0 aliphatic carbocycles. The summed E-state index contributed by atoms with van der Waals surface area (Å²) in [5.74, 6) is -1.58. The van der Waals surface area contributed by atoms with E-state index in [0.717, 1.165) is 11.1 Å². The van der Waals surface area contributed by atoms with Crippen LogP contribution in [0.5, 0.6) is 0 Å². The molecule has 0 radical (unpaired) electrons. The molecule has 3 aliphatic rings. The van der Waals surface area contributed by atoms with Gasteiger partial charge in [0.25, 0.3) is 5.91 Å². The fourth-order valence-corrected chi connectivity index (χ4v) is 6.50. The zero-order valence-electron chi connectivity index (χ0n) is 19.6. The minimum absolute atomic E-state index is 0.126. The third-order valence-corrected chi connectivity index (χ3v) is 8.45. The van der Waals surface area contributed by atoms with Crippen LogP contribution in [0.15, 0.2) is 42.5 Å². The van der Waals surface area contributed by atoms with Crippen molar-refractivity contribution >= 4 is 33.0 Å². The van der Waals surface area contributed by atoms with Crippen molar-refractivity contribution in [2.75, 3.05) is 42.7 Å². The van der Waals surface area contributed by atoms with Crippen LogP contribution in [0.4, 0.5) is 11.4 Å². The Balaban J connectivity index is 1.24. The van der Waals surface area contributed by atoms with Crippen molar-refractivity contribution in [2.45, 2.75) is 37.3 Å². The molecule has 10 heteroatoms. The fraction of sp³-hybridized carbons (Fsp3) is 0.440. The van der Waals surface area contributed by atoms with Gasteiger partial charge in [0, 0.05) is 31.5 Å². The SMILES string of the molecule is Cc1ccccc1CS(=O)(=O)CC1Nc2ccc(C(=O)N3CCC4(CC3)OCCO4)cc2NC1=O. The van der Waals surface area contributed by atoms with Gasteiger partial charge in [-0.1, -0.05) is 24.3 Å². The average Bonchev–Trinajstić information content (AvgIpc) is 3.28. The molecule has 0 bridgehead atoms. The van der Waals surface area contributed by atoms with Gasteiger partial charge in [-0.3, -0.25) is 9.59 Å². The number of fused-ring (bicyclic) bond motifs is 1. The number of nitrogens with zero attached hydrogens (tertiary/aromatic N) is 1. The number of rotatable bonds is 5. The zero-order valence-corrected chi connectivity index (χ0v) is 20.4. The Morgan fingerprint density at radius 3 is 2.51 bits per heavy atom. The van der Waals surface area contributed by atoms with Crippen LogP contribution >= 0.6 is 0 Å². The summed E-state index contributed by atoms with van der Waals surface area (Å²) in [6.45, 7) is 4.09. The molecule has 3 heterocycles. The number of likely N-dealkylation sites (tertiary alicyclic amines) is 1. The molecule has 186 valence electrons. The number of hydrogen-bond donors (Lipinski definition) is 2. The molecule has 2 aromatic rings. The Kier molecular flexibility index (Phi) is 6.29. The predicted molar refractivity (Wildman–Crippen MR) is 131 cm³/mol. The highest BCUT2D eigenvalue weighted by molar-refractivity contribution is 7.90. The first-order valence-corrected chi connectivity index (χ1v) is 13.6. The predicted octanol–water partition coefficient (Wildman–Crippen LogP) is 2.32. The maximum atomic E-state index is 13.1. The van der Waals surface area contributed by atoms with Crippen LogP contribution in [0.1, 0.15) is 34.3 Å². The van der Waals surface area contributed by atoms with Crippen LogP contribution < -0.4 is 10.6 Å². The summed E-state index contributed by atoms with van der Waals surface area (Å²) >= 11 is 0. The Morgan fingerprint density at radius 2 is 1.80 bits per heavy atom. The van der Waals surface area contributed by atoms with E-state index in [-0.39, 0.29) is 17.4 Å². The summed E-state index contributed by atoms with van der Waals surface area (Å²) in [4.78, 5) is 27.5. The summed E-state index contributed by atoms with van der Waals surface area (Å²) in [6, 6.07) is 11.4. The molecular weight excluding hydrogens is 470 g/mol. The number of benzene rings is 2. The third-order valence-electron chi connectivity index (χ3n) is 6.85. The molecule has 2 aromatic carbocycles. The molecule has 1 spiro atoms. The van der Waals surface area contributed by atoms with Crippen molar-refractivity contribution in [2.24, 2.45) is 0 Å². The summed E-state index contributed by atoms with van der Waals surface area (Å²) in [7, 11) is -3.54. The van der Waals surface area contributed by atoms with Gasteiger partial charge in [-0.2, -0.15) is 0 Å². The van der Waals surface area contributed by atoms with E-state index < -0.39 is 27.6 Å². The average molecular weight is 500 g/mol. The topological polar surface area (TPSA) is 114 Å². The van der Waals surface area contributed by atoms with E-state index in [1.165, 1.54) is 0 Å². The summed E-state index contributed by atoms with van der Waals surface area (Å²) in [6.07, 6.45) is 1.25. The van der Waals surface area contributed by atoms with Crippen molar-refractivity contribution in [3.8, 4) is 0 Å². The monoisotopic (exact) mass is 499 g/mol. The Morgan fingerprint density at radius 1 is 1.09 bits per heavy atom. The number of sulfone groups is 1. The quantitative estimate of drug-likeness (QED) is 0.649. The van der Waals surface area contributed by atoms with Crippen molar-refractivity contribution < 1.29 is 27.5 Å². The van der Waals surface area contributed by atoms with Gasteiger partial charge in [0.1, 0.15) is 6.04 Å². The number of anilines is 2. The molecule has 0 aromatic heterocycles. The van der Waals surface area contributed by atoms with E-state index in [1.54, 1.807) is 35.2 Å². The lowest BCUT2D eigenvalue weighted by Gasteiger charge is -2.37. The standard InChI is InChI=1S/C25H29N3O6S/c1-17-4-2-3-5-19(17)15-35(31,32)16-22-23(29)27-21-14-18(6-7-20(21)26-22)24(30)28-10-8-25(9-11-28)33-12-13-34-25/h2-7,14,22,26H,8-13,15-16H2,1H3,(H,27,29).